The van der Waals surface area contributed by atoms with Crippen LogP contribution in [0.5, 0.6) is 11.5 Å². The number of amides is 1. The third-order valence-corrected chi connectivity index (χ3v) is 7.52. The fourth-order valence-corrected chi connectivity index (χ4v) is 5.42. The molecule has 1 aliphatic rings. The Labute approximate surface area is 197 Å². The van der Waals surface area contributed by atoms with Crippen LogP contribution in [0.15, 0.2) is 41.3 Å². The summed E-state index contributed by atoms with van der Waals surface area (Å²) >= 11 is 0. The smallest absolute Gasteiger partial charge is 0.287 e. The molecule has 3 aromatic rings. The first-order valence-corrected chi connectivity index (χ1v) is 12.5. The lowest BCUT2D eigenvalue weighted by Crippen LogP contribution is -2.30. The number of phenolic OH excluding ortho intramolecular Hbond substituents is 2. The average molecular weight is 486 g/mol. The molecule has 5 N–H and O–H groups in total. The van der Waals surface area contributed by atoms with Crippen molar-refractivity contribution in [1.82, 2.24) is 19.5 Å². The first-order valence-electron chi connectivity index (χ1n) is 11.1. The largest absolute Gasteiger partial charge is 0.507 e. The van der Waals surface area contributed by atoms with Gasteiger partial charge >= 0.3 is 0 Å². The molecule has 1 heterocycles. The van der Waals surface area contributed by atoms with Crippen molar-refractivity contribution in [2.24, 2.45) is 11.7 Å². The zero-order valence-corrected chi connectivity index (χ0v) is 19.5. The number of benzene rings is 2. The molecule has 0 unspecified atom stereocenters. The van der Waals surface area contributed by atoms with Gasteiger partial charge in [0.2, 0.25) is 15.8 Å². The lowest BCUT2D eigenvalue weighted by molar-refractivity contribution is 0.0988. The first kappa shape index (κ1) is 23.7. The number of primary amides is 1. The minimum absolute atomic E-state index is 0.00103. The molecule has 0 bridgehead atoms. The van der Waals surface area contributed by atoms with Crippen molar-refractivity contribution in [1.29, 1.82) is 0 Å². The molecule has 1 saturated carbocycles. The maximum absolute atomic E-state index is 13.0. The highest BCUT2D eigenvalue weighted by atomic mass is 32.2. The second kappa shape index (κ2) is 9.43. The summed E-state index contributed by atoms with van der Waals surface area (Å²) in [4.78, 5) is 11.6. The van der Waals surface area contributed by atoms with E-state index in [-0.39, 0.29) is 29.7 Å². The van der Waals surface area contributed by atoms with Crippen LogP contribution in [-0.2, 0) is 10.0 Å². The Balaban J connectivity index is 1.77. The van der Waals surface area contributed by atoms with Gasteiger partial charge in [0.15, 0.2) is 5.82 Å². The van der Waals surface area contributed by atoms with E-state index in [0.29, 0.717) is 5.69 Å². The molecule has 11 heteroatoms. The number of hydrogen-bond acceptors (Lipinski definition) is 7. The van der Waals surface area contributed by atoms with E-state index in [4.69, 9.17) is 5.73 Å². The normalized spacial score (nSPS) is 14.9. The maximum atomic E-state index is 13.0. The Kier molecular flexibility index (Phi) is 6.58. The van der Waals surface area contributed by atoms with Crippen LogP contribution in [0.4, 0.5) is 0 Å². The predicted molar refractivity (Wildman–Crippen MR) is 125 cm³/mol. The number of sulfonamides is 1. The second-order valence-corrected chi connectivity index (χ2v) is 10.3. The van der Waals surface area contributed by atoms with Crippen molar-refractivity contribution in [3.63, 3.8) is 0 Å². The molecule has 0 saturated heterocycles. The highest BCUT2D eigenvalue weighted by Crippen LogP contribution is 2.37. The number of rotatable bonds is 7. The quantitative estimate of drug-likeness (QED) is 0.400. The summed E-state index contributed by atoms with van der Waals surface area (Å²) in [7, 11) is -4.09. The number of nitrogens with zero attached hydrogens (tertiary/aromatic N) is 3. The number of carbonyl (C=O) groups is 1. The van der Waals surface area contributed by atoms with Crippen molar-refractivity contribution >= 4 is 15.9 Å². The van der Waals surface area contributed by atoms with Gasteiger partial charge in [-0.3, -0.25) is 9.36 Å². The molecule has 4 rings (SSSR count). The second-order valence-electron chi connectivity index (χ2n) is 8.58. The van der Waals surface area contributed by atoms with Gasteiger partial charge in [0.05, 0.1) is 5.56 Å². The minimum Gasteiger partial charge on any atom is -0.507 e. The number of nitrogens with one attached hydrogen (secondary N) is 1. The Hall–Kier alpha value is -3.44. The zero-order valence-electron chi connectivity index (χ0n) is 18.7. The Morgan fingerprint density at radius 2 is 1.76 bits per heavy atom. The third kappa shape index (κ3) is 4.75. The lowest BCUT2D eigenvalue weighted by atomic mass is 9.90. The van der Waals surface area contributed by atoms with Crippen LogP contribution in [0.25, 0.3) is 17.1 Å². The van der Waals surface area contributed by atoms with Crippen molar-refractivity contribution in [3.05, 3.63) is 47.8 Å². The summed E-state index contributed by atoms with van der Waals surface area (Å²) in [5, 5.41) is 28.7. The topological polar surface area (TPSA) is 160 Å². The van der Waals surface area contributed by atoms with Crippen LogP contribution < -0.4 is 10.5 Å². The molecule has 2 aromatic carbocycles. The molecule has 1 aliphatic carbocycles. The van der Waals surface area contributed by atoms with E-state index in [9.17, 15) is 23.4 Å². The van der Waals surface area contributed by atoms with E-state index in [1.165, 1.54) is 4.57 Å². The molecule has 1 fully saturated rings. The van der Waals surface area contributed by atoms with Crippen LogP contribution in [-0.4, -0.2) is 45.8 Å². The van der Waals surface area contributed by atoms with Crippen LogP contribution in [0, 0.1) is 12.8 Å². The summed E-state index contributed by atoms with van der Waals surface area (Å²) in [5.41, 5.74) is 6.91. The molecule has 10 nitrogen and oxygen atoms in total. The van der Waals surface area contributed by atoms with Crippen molar-refractivity contribution in [2.45, 2.75) is 43.9 Å². The Morgan fingerprint density at radius 1 is 1.09 bits per heavy atom. The van der Waals surface area contributed by atoms with Gasteiger partial charge in [0.25, 0.3) is 5.91 Å². The number of phenols is 2. The van der Waals surface area contributed by atoms with Crippen molar-refractivity contribution in [2.75, 3.05) is 6.54 Å². The number of hydrogen-bond donors (Lipinski definition) is 4. The lowest BCUT2D eigenvalue weighted by Gasteiger charge is -2.22. The molecule has 0 radical (unpaired) electrons. The highest BCUT2D eigenvalue weighted by Gasteiger charge is 2.27. The molecular weight excluding hydrogens is 458 g/mol. The number of carbonyl (C=O) groups excluding carboxylic acids is 1. The predicted octanol–water partition coefficient (Wildman–Crippen LogP) is 2.61. The molecule has 0 spiro atoms. The minimum atomic E-state index is -4.09. The number of aromatic hydroxyl groups is 2. The number of aryl methyl sites for hydroxylation is 1. The van der Waals surface area contributed by atoms with Gasteiger partial charge in [-0.1, -0.05) is 37.0 Å². The molecular formula is C23H27N5O5S. The third-order valence-electron chi connectivity index (χ3n) is 6.07. The summed E-state index contributed by atoms with van der Waals surface area (Å²) in [6, 6.07) is 9.11. The standard InChI is InChI=1S/C23H27N5O5S/c1-14-7-9-16(10-8-14)28-22(26-27-23(28)21(24)31)17-11-20(19(30)12-18(17)29)34(32,33)25-13-15-5-3-2-4-6-15/h7-12,15,25,29-30H,2-6,13H2,1H3,(H2,24,31). The Morgan fingerprint density at radius 3 is 2.41 bits per heavy atom. The van der Waals surface area contributed by atoms with Crippen LogP contribution in [0.2, 0.25) is 0 Å². The van der Waals surface area contributed by atoms with Gasteiger partial charge in [-0.15, -0.1) is 10.2 Å². The summed E-state index contributed by atoms with van der Waals surface area (Å²) in [5.74, 6) is -1.83. The van der Waals surface area contributed by atoms with E-state index >= 15 is 0 Å². The van der Waals surface area contributed by atoms with E-state index < -0.39 is 32.3 Å². The Bertz CT molecular complexity index is 1310. The van der Waals surface area contributed by atoms with Gasteiger partial charge in [-0.05, 0) is 43.9 Å². The van der Waals surface area contributed by atoms with Crippen LogP contribution in [0.1, 0.15) is 48.3 Å². The van der Waals surface area contributed by atoms with Gasteiger partial charge < -0.3 is 15.9 Å². The van der Waals surface area contributed by atoms with Crippen molar-refractivity contribution in [3.8, 4) is 28.6 Å². The van der Waals surface area contributed by atoms with Gasteiger partial charge in [-0.2, -0.15) is 0 Å². The molecule has 1 amide bonds. The summed E-state index contributed by atoms with van der Waals surface area (Å²) in [6.45, 7) is 2.17. The molecule has 0 aliphatic heterocycles. The fourth-order valence-electron chi connectivity index (χ4n) is 4.20. The SMILES string of the molecule is Cc1ccc(-n2c(C(N)=O)nnc2-c2cc(S(=O)(=O)NCC3CCCCC3)c(O)cc2O)cc1. The van der Waals surface area contributed by atoms with Crippen LogP contribution >= 0.6 is 0 Å². The molecule has 1 aromatic heterocycles. The van der Waals surface area contributed by atoms with E-state index in [2.05, 4.69) is 14.9 Å². The molecule has 0 atom stereocenters. The maximum Gasteiger partial charge on any atom is 0.287 e. The van der Waals surface area contributed by atoms with Gasteiger partial charge in [0, 0.05) is 18.3 Å². The summed E-state index contributed by atoms with van der Waals surface area (Å²) < 4.78 is 30.0. The van der Waals surface area contributed by atoms with Gasteiger partial charge in [0.1, 0.15) is 16.4 Å². The van der Waals surface area contributed by atoms with E-state index in [0.717, 1.165) is 49.8 Å². The fraction of sp³-hybridized carbons (Fsp3) is 0.348. The monoisotopic (exact) mass is 485 g/mol. The number of nitrogens with two attached hydrogens (primary N) is 1. The van der Waals surface area contributed by atoms with E-state index in [1.54, 1.807) is 12.1 Å². The number of aromatic nitrogens is 3. The van der Waals surface area contributed by atoms with Crippen LogP contribution in [0.3, 0.4) is 0 Å². The average Bonchev–Trinajstić information content (AvgIpc) is 3.24. The van der Waals surface area contributed by atoms with E-state index in [1.807, 2.05) is 19.1 Å². The molecule has 34 heavy (non-hydrogen) atoms. The molecule has 180 valence electrons. The summed E-state index contributed by atoms with van der Waals surface area (Å²) in [6.07, 6.45) is 5.19. The zero-order chi connectivity index (χ0) is 24.5. The van der Waals surface area contributed by atoms with Gasteiger partial charge in [-0.25, -0.2) is 13.1 Å². The first-order chi connectivity index (χ1) is 16.2. The highest BCUT2D eigenvalue weighted by molar-refractivity contribution is 7.89. The van der Waals surface area contributed by atoms with Crippen molar-refractivity contribution < 1.29 is 23.4 Å².